The van der Waals surface area contributed by atoms with Crippen LogP contribution >= 0.6 is 0 Å². The molecule has 18 heavy (non-hydrogen) atoms. The molecule has 0 aliphatic rings. The number of unbranched alkanes of at least 4 members (excludes halogenated alkanes) is 2. The van der Waals surface area contributed by atoms with Gasteiger partial charge in [-0.05, 0) is 30.7 Å². The molecule has 1 rings (SSSR count). The quantitative estimate of drug-likeness (QED) is 0.808. The van der Waals surface area contributed by atoms with Crippen LogP contribution in [0.25, 0.3) is 0 Å². The van der Waals surface area contributed by atoms with Gasteiger partial charge >= 0.3 is 0 Å². The van der Waals surface area contributed by atoms with Crippen LogP contribution in [0.4, 0.5) is 0 Å². The maximum Gasteiger partial charge on any atom is 0.257 e. The van der Waals surface area contributed by atoms with E-state index in [2.05, 4.69) is 12.2 Å². The van der Waals surface area contributed by atoms with Crippen molar-refractivity contribution in [3.05, 3.63) is 35.4 Å². The van der Waals surface area contributed by atoms with Crippen LogP contribution in [0.3, 0.4) is 0 Å². The summed E-state index contributed by atoms with van der Waals surface area (Å²) in [6, 6.07) is 8.14. The number of nitrogens with zero attached hydrogens (tertiary/aromatic N) is 1. The lowest BCUT2D eigenvalue weighted by Gasteiger charge is -2.03. The largest absolute Gasteiger partial charge is 0.292 e. The molecule has 2 amide bonds. The highest BCUT2D eigenvalue weighted by Gasteiger charge is 2.09. The zero-order valence-electron chi connectivity index (χ0n) is 10.4. The Morgan fingerprint density at radius 3 is 2.44 bits per heavy atom. The molecule has 0 aromatic heterocycles. The van der Waals surface area contributed by atoms with Crippen molar-refractivity contribution >= 4 is 11.8 Å². The van der Waals surface area contributed by atoms with E-state index >= 15 is 0 Å². The number of benzene rings is 1. The number of imide groups is 1. The summed E-state index contributed by atoms with van der Waals surface area (Å²) >= 11 is 0. The van der Waals surface area contributed by atoms with Gasteiger partial charge in [0.1, 0.15) is 0 Å². The molecule has 1 aromatic carbocycles. The fourth-order valence-electron chi connectivity index (χ4n) is 1.49. The van der Waals surface area contributed by atoms with Crippen molar-refractivity contribution in [3.63, 3.8) is 0 Å². The molecule has 0 radical (unpaired) electrons. The van der Waals surface area contributed by atoms with E-state index in [1.807, 2.05) is 6.07 Å². The smallest absolute Gasteiger partial charge is 0.257 e. The third kappa shape index (κ3) is 4.38. The van der Waals surface area contributed by atoms with Crippen molar-refractivity contribution in [3.8, 4) is 6.07 Å². The lowest BCUT2D eigenvalue weighted by atomic mass is 10.1. The van der Waals surface area contributed by atoms with Crippen molar-refractivity contribution in [1.29, 1.82) is 5.26 Å². The summed E-state index contributed by atoms with van der Waals surface area (Å²) in [6.07, 6.45) is 3.19. The molecule has 0 unspecified atom stereocenters. The molecule has 0 bridgehead atoms. The predicted octanol–water partition coefficient (Wildman–Crippen LogP) is 2.39. The van der Waals surface area contributed by atoms with E-state index in [0.29, 0.717) is 17.5 Å². The minimum Gasteiger partial charge on any atom is -0.292 e. The normalized spacial score (nSPS) is 9.56. The lowest BCUT2D eigenvalue weighted by molar-refractivity contribution is -0.120. The van der Waals surface area contributed by atoms with E-state index in [1.165, 1.54) is 12.1 Å². The van der Waals surface area contributed by atoms with Crippen molar-refractivity contribution in [2.24, 2.45) is 0 Å². The molecule has 0 fully saturated rings. The first-order valence-corrected chi connectivity index (χ1v) is 6.01. The van der Waals surface area contributed by atoms with Gasteiger partial charge in [0.15, 0.2) is 0 Å². The van der Waals surface area contributed by atoms with Crippen LogP contribution < -0.4 is 5.32 Å². The van der Waals surface area contributed by atoms with Crippen LogP contribution in [0.15, 0.2) is 24.3 Å². The first kappa shape index (κ1) is 13.9. The Kier molecular flexibility index (Phi) is 5.59. The number of nitrogens with one attached hydrogen (secondary N) is 1. The topological polar surface area (TPSA) is 70.0 Å². The summed E-state index contributed by atoms with van der Waals surface area (Å²) in [6.45, 7) is 2.06. The maximum absolute atomic E-state index is 11.7. The predicted molar refractivity (Wildman–Crippen MR) is 67.8 cm³/mol. The molecular weight excluding hydrogens is 228 g/mol. The minimum atomic E-state index is -0.416. The van der Waals surface area contributed by atoms with Gasteiger partial charge in [-0.3, -0.25) is 14.9 Å². The van der Waals surface area contributed by atoms with Gasteiger partial charge in [0, 0.05) is 12.0 Å². The number of amides is 2. The molecule has 94 valence electrons. The number of hydrogen-bond acceptors (Lipinski definition) is 3. The van der Waals surface area contributed by atoms with Crippen LogP contribution in [-0.4, -0.2) is 11.8 Å². The van der Waals surface area contributed by atoms with E-state index < -0.39 is 5.91 Å². The summed E-state index contributed by atoms with van der Waals surface area (Å²) in [7, 11) is 0. The number of carbonyl (C=O) groups excluding carboxylic acids is 2. The summed E-state index contributed by atoms with van der Waals surface area (Å²) in [5.74, 6) is -0.668. The van der Waals surface area contributed by atoms with Crippen molar-refractivity contribution in [1.82, 2.24) is 5.32 Å². The van der Waals surface area contributed by atoms with Gasteiger partial charge in [-0.25, -0.2) is 0 Å². The fraction of sp³-hybridized carbons (Fsp3) is 0.357. The first-order valence-electron chi connectivity index (χ1n) is 6.01. The Balaban J connectivity index is 2.49. The average Bonchev–Trinajstić information content (AvgIpc) is 2.39. The van der Waals surface area contributed by atoms with Gasteiger partial charge in [0.25, 0.3) is 5.91 Å². The van der Waals surface area contributed by atoms with E-state index in [-0.39, 0.29) is 5.91 Å². The average molecular weight is 244 g/mol. The van der Waals surface area contributed by atoms with Gasteiger partial charge in [-0.1, -0.05) is 19.8 Å². The minimum absolute atomic E-state index is 0.252. The number of rotatable bonds is 5. The highest BCUT2D eigenvalue weighted by Crippen LogP contribution is 2.04. The summed E-state index contributed by atoms with van der Waals surface area (Å²) < 4.78 is 0. The number of carbonyl (C=O) groups is 2. The number of hydrogen-bond donors (Lipinski definition) is 1. The zero-order valence-corrected chi connectivity index (χ0v) is 10.4. The Morgan fingerprint density at radius 1 is 1.22 bits per heavy atom. The maximum atomic E-state index is 11.7. The molecule has 4 nitrogen and oxygen atoms in total. The Hall–Kier alpha value is -2.15. The SMILES string of the molecule is CCCCCC(=O)NC(=O)c1ccc(C#N)cc1. The second-order valence-corrected chi connectivity index (χ2v) is 4.02. The number of nitriles is 1. The molecule has 1 aromatic rings. The molecule has 0 aliphatic heterocycles. The van der Waals surface area contributed by atoms with Crippen molar-refractivity contribution < 1.29 is 9.59 Å². The Labute approximate surface area is 107 Å². The molecule has 0 spiro atoms. The second-order valence-electron chi connectivity index (χ2n) is 4.02. The summed E-state index contributed by atoms with van der Waals surface area (Å²) in [4.78, 5) is 23.1. The van der Waals surface area contributed by atoms with Gasteiger partial charge < -0.3 is 0 Å². The van der Waals surface area contributed by atoms with Crippen molar-refractivity contribution in [2.75, 3.05) is 0 Å². The molecule has 0 saturated heterocycles. The van der Waals surface area contributed by atoms with E-state index in [9.17, 15) is 9.59 Å². The fourth-order valence-corrected chi connectivity index (χ4v) is 1.49. The molecular formula is C14H16N2O2. The molecule has 4 heteroatoms. The monoisotopic (exact) mass is 244 g/mol. The highest BCUT2D eigenvalue weighted by atomic mass is 16.2. The van der Waals surface area contributed by atoms with Gasteiger partial charge in [0.2, 0.25) is 5.91 Å². The molecule has 0 atom stereocenters. The van der Waals surface area contributed by atoms with E-state index in [4.69, 9.17) is 5.26 Å². The van der Waals surface area contributed by atoms with Gasteiger partial charge in [-0.2, -0.15) is 5.26 Å². The summed E-state index contributed by atoms with van der Waals surface area (Å²) in [5, 5.41) is 11.0. The van der Waals surface area contributed by atoms with Crippen LogP contribution in [0.1, 0.15) is 48.5 Å². The third-order valence-electron chi connectivity index (χ3n) is 2.54. The second kappa shape index (κ2) is 7.23. The highest BCUT2D eigenvalue weighted by molar-refractivity contribution is 6.04. The van der Waals surface area contributed by atoms with Crippen LogP contribution in [-0.2, 0) is 4.79 Å². The molecule has 0 saturated carbocycles. The standard InChI is InChI=1S/C14H16N2O2/c1-2-3-4-5-13(17)16-14(18)12-8-6-11(10-15)7-9-12/h6-9H,2-5H2,1H3,(H,16,17,18). The van der Waals surface area contributed by atoms with Crippen LogP contribution in [0.5, 0.6) is 0 Å². The zero-order chi connectivity index (χ0) is 13.4. The van der Waals surface area contributed by atoms with Crippen LogP contribution in [0.2, 0.25) is 0 Å². The summed E-state index contributed by atoms with van der Waals surface area (Å²) in [5.41, 5.74) is 0.874. The van der Waals surface area contributed by atoms with Gasteiger partial charge in [0.05, 0.1) is 11.6 Å². The Bertz CT molecular complexity index is 458. The lowest BCUT2D eigenvalue weighted by Crippen LogP contribution is -2.30. The van der Waals surface area contributed by atoms with Gasteiger partial charge in [-0.15, -0.1) is 0 Å². The Morgan fingerprint density at radius 2 is 1.89 bits per heavy atom. The van der Waals surface area contributed by atoms with E-state index in [1.54, 1.807) is 12.1 Å². The third-order valence-corrected chi connectivity index (χ3v) is 2.54. The molecule has 0 heterocycles. The first-order chi connectivity index (χ1) is 8.67. The van der Waals surface area contributed by atoms with Crippen molar-refractivity contribution in [2.45, 2.75) is 32.6 Å². The molecule has 1 N–H and O–H groups in total. The van der Waals surface area contributed by atoms with Crippen LogP contribution in [0, 0.1) is 11.3 Å². The van der Waals surface area contributed by atoms with E-state index in [0.717, 1.165) is 19.3 Å². The molecule has 0 aliphatic carbocycles.